The van der Waals surface area contributed by atoms with Crippen molar-refractivity contribution < 1.29 is 43.1 Å². The topological polar surface area (TPSA) is 156 Å². The predicted molar refractivity (Wildman–Crippen MR) is 209 cm³/mol. The lowest BCUT2D eigenvalue weighted by Gasteiger charge is -2.48. The number of hydrogen-bond acceptors (Lipinski definition) is 10. The summed E-state index contributed by atoms with van der Waals surface area (Å²) in [6.07, 6.45) is 0. The summed E-state index contributed by atoms with van der Waals surface area (Å²) in [4.78, 5) is 83.2. The fourth-order valence-corrected chi connectivity index (χ4v) is 9.32. The molecule has 0 spiro atoms. The SMILES string of the molecule is CC(C)C(=O)c1c2c(c(OCc3ccc([N+](=O)[O-])cc3)c3c1OC1=C(C(=O)C(C)(C)C(=O)C1(C)C)[C@@H]3C(C)C)[C@H](C(C)C)C1=C(O2)C(C)(C)C(=O)C(C)(C)C1=O. The van der Waals surface area contributed by atoms with Gasteiger partial charge in [-0.2, -0.15) is 0 Å². The van der Waals surface area contributed by atoms with Crippen molar-refractivity contribution in [3.8, 4) is 17.2 Å². The van der Waals surface area contributed by atoms with Crippen molar-refractivity contribution in [2.45, 2.75) is 115 Å². The Kier molecular flexibility index (Phi) is 9.50. The number of nitro benzene ring substituents is 1. The molecule has 298 valence electrons. The number of non-ortho nitro benzene ring substituents is 1. The van der Waals surface area contributed by atoms with Crippen LogP contribution in [0.4, 0.5) is 5.69 Å². The molecule has 6 rings (SSSR count). The minimum absolute atomic E-state index is 0.0862. The summed E-state index contributed by atoms with van der Waals surface area (Å²) in [7, 11) is 0. The third-order valence-electron chi connectivity index (χ3n) is 12.2. The number of carbonyl (C=O) groups excluding carboxylic acids is 5. The van der Waals surface area contributed by atoms with Crippen LogP contribution in [0.15, 0.2) is 46.9 Å². The summed E-state index contributed by atoms with van der Waals surface area (Å²) in [5.74, 6) is -3.60. The number of fused-ring (bicyclic) bond motifs is 2. The molecule has 11 nitrogen and oxygen atoms in total. The maximum atomic E-state index is 14.8. The van der Waals surface area contributed by atoms with E-state index >= 15 is 0 Å². The van der Waals surface area contributed by atoms with Crippen molar-refractivity contribution in [2.24, 2.45) is 39.4 Å². The van der Waals surface area contributed by atoms with E-state index < -0.39 is 44.3 Å². The van der Waals surface area contributed by atoms with E-state index in [2.05, 4.69) is 0 Å². The second kappa shape index (κ2) is 13.1. The number of allylic oxidation sites excluding steroid dienone is 4. The van der Waals surface area contributed by atoms with Gasteiger partial charge in [0.05, 0.1) is 26.6 Å². The number of nitrogens with zero attached hydrogens (tertiary/aromatic N) is 1. The van der Waals surface area contributed by atoms with Gasteiger partial charge in [-0.1, -0.05) is 41.5 Å². The van der Waals surface area contributed by atoms with Crippen LogP contribution in [0.3, 0.4) is 0 Å². The highest BCUT2D eigenvalue weighted by Crippen LogP contribution is 2.64. The summed E-state index contributed by atoms with van der Waals surface area (Å²) in [5.41, 5.74) is -3.22. The van der Waals surface area contributed by atoms with Crippen LogP contribution >= 0.6 is 0 Å². The Labute approximate surface area is 328 Å². The minimum Gasteiger partial charge on any atom is -0.488 e. The van der Waals surface area contributed by atoms with Crippen LogP contribution in [0.5, 0.6) is 17.2 Å². The quantitative estimate of drug-likeness (QED) is 0.110. The van der Waals surface area contributed by atoms with Crippen LogP contribution in [0.2, 0.25) is 0 Å². The Morgan fingerprint density at radius 2 is 1.09 bits per heavy atom. The Morgan fingerprint density at radius 1 is 0.696 bits per heavy atom. The van der Waals surface area contributed by atoms with Gasteiger partial charge in [0.15, 0.2) is 28.9 Å². The van der Waals surface area contributed by atoms with Gasteiger partial charge in [-0.3, -0.25) is 34.1 Å². The molecule has 0 fully saturated rings. The standard InChI is InChI=1S/C45H53NO10/c1-20(2)25-27-33(54-19-23-15-17-24(18-16-23)46(52)53)28-26(21(3)4)30-37(49)43(9,10)41(51)45(13,14)39(30)56-35(28)31(32(47)22(5)6)34(27)55-38-29(25)36(48)42(7,8)40(50)44(38,11)12/h15-18,20-22,25-26H,19H2,1-14H3/t25-,26+. The van der Waals surface area contributed by atoms with Gasteiger partial charge in [0.1, 0.15) is 40.9 Å². The zero-order chi connectivity index (χ0) is 41.9. The van der Waals surface area contributed by atoms with Crippen molar-refractivity contribution in [1.29, 1.82) is 0 Å². The summed E-state index contributed by atoms with van der Waals surface area (Å²) in [6, 6.07) is 5.94. The van der Waals surface area contributed by atoms with Gasteiger partial charge < -0.3 is 14.2 Å². The molecule has 2 heterocycles. The lowest BCUT2D eigenvalue weighted by atomic mass is 9.58. The first-order chi connectivity index (χ1) is 25.7. The van der Waals surface area contributed by atoms with Crippen LogP contribution in [0, 0.1) is 49.5 Å². The molecule has 4 aliphatic rings. The lowest BCUT2D eigenvalue weighted by molar-refractivity contribution is -0.384. The van der Waals surface area contributed by atoms with Gasteiger partial charge >= 0.3 is 0 Å². The Hall–Kier alpha value is -4.93. The molecule has 0 aromatic heterocycles. The molecule has 2 aromatic carbocycles. The number of rotatable bonds is 8. The maximum Gasteiger partial charge on any atom is 0.269 e. The van der Waals surface area contributed by atoms with Crippen molar-refractivity contribution in [3.05, 3.63) is 79.3 Å². The molecule has 0 saturated heterocycles. The van der Waals surface area contributed by atoms with E-state index in [0.717, 1.165) is 0 Å². The van der Waals surface area contributed by atoms with E-state index in [1.807, 2.05) is 27.7 Å². The fraction of sp³-hybridized carbons (Fsp3) is 0.533. The average Bonchev–Trinajstić information content (AvgIpc) is 3.12. The molecule has 2 atom stereocenters. The average molecular weight is 768 g/mol. The van der Waals surface area contributed by atoms with E-state index in [1.165, 1.54) is 12.1 Å². The lowest BCUT2D eigenvalue weighted by Crippen LogP contribution is -2.52. The molecule has 0 bridgehead atoms. The molecular formula is C45H53NO10. The molecule has 0 saturated carbocycles. The van der Waals surface area contributed by atoms with E-state index in [0.29, 0.717) is 27.8 Å². The first-order valence-corrected chi connectivity index (χ1v) is 19.4. The highest BCUT2D eigenvalue weighted by atomic mass is 16.6. The van der Waals surface area contributed by atoms with Gasteiger partial charge in [0, 0.05) is 52.2 Å². The van der Waals surface area contributed by atoms with E-state index in [9.17, 15) is 34.1 Å². The smallest absolute Gasteiger partial charge is 0.269 e. The largest absolute Gasteiger partial charge is 0.488 e. The molecule has 0 amide bonds. The van der Waals surface area contributed by atoms with Gasteiger partial charge in [-0.05, 0) is 84.9 Å². The van der Waals surface area contributed by atoms with Crippen LogP contribution in [0.1, 0.15) is 136 Å². The third-order valence-corrected chi connectivity index (χ3v) is 12.2. The maximum absolute atomic E-state index is 14.8. The highest BCUT2D eigenvalue weighted by molar-refractivity contribution is 6.21. The second-order valence-electron chi connectivity index (χ2n) is 18.9. The third kappa shape index (κ3) is 5.62. The van der Waals surface area contributed by atoms with E-state index in [-0.39, 0.29) is 87.4 Å². The van der Waals surface area contributed by atoms with Crippen LogP contribution in [0.25, 0.3) is 0 Å². The zero-order valence-corrected chi connectivity index (χ0v) is 34.9. The van der Waals surface area contributed by atoms with Crippen molar-refractivity contribution in [2.75, 3.05) is 0 Å². The van der Waals surface area contributed by atoms with Crippen LogP contribution in [-0.2, 0) is 25.8 Å². The predicted octanol–water partition coefficient (Wildman–Crippen LogP) is 9.19. The number of carbonyl (C=O) groups is 5. The number of nitro groups is 1. The van der Waals surface area contributed by atoms with Gasteiger partial charge in [-0.15, -0.1) is 0 Å². The van der Waals surface area contributed by atoms with Crippen molar-refractivity contribution in [3.63, 3.8) is 0 Å². The molecule has 2 aliphatic heterocycles. The molecule has 2 aromatic rings. The van der Waals surface area contributed by atoms with E-state index in [4.69, 9.17) is 14.2 Å². The molecule has 11 heteroatoms. The number of ether oxygens (including phenoxy) is 3. The van der Waals surface area contributed by atoms with E-state index in [1.54, 1.807) is 81.4 Å². The first-order valence-electron chi connectivity index (χ1n) is 19.4. The Balaban J connectivity index is 1.78. The monoisotopic (exact) mass is 767 g/mol. The highest BCUT2D eigenvalue weighted by Gasteiger charge is 2.61. The van der Waals surface area contributed by atoms with Gasteiger partial charge in [0.25, 0.3) is 5.69 Å². The molecular weight excluding hydrogens is 714 g/mol. The number of hydrogen-bond donors (Lipinski definition) is 0. The number of ketones is 5. The Morgan fingerprint density at radius 3 is 1.43 bits per heavy atom. The van der Waals surface area contributed by atoms with Crippen LogP contribution in [-0.4, -0.2) is 33.8 Å². The molecule has 0 unspecified atom stereocenters. The molecule has 0 radical (unpaired) electrons. The van der Waals surface area contributed by atoms with Crippen molar-refractivity contribution in [1.82, 2.24) is 0 Å². The zero-order valence-electron chi connectivity index (χ0n) is 34.9. The first kappa shape index (κ1) is 40.7. The normalized spacial score (nSPS) is 23.0. The van der Waals surface area contributed by atoms with Gasteiger partial charge in [0.2, 0.25) is 0 Å². The Bertz CT molecular complexity index is 2090. The van der Waals surface area contributed by atoms with Crippen molar-refractivity contribution >= 4 is 34.6 Å². The minimum atomic E-state index is -1.39. The summed E-state index contributed by atoms with van der Waals surface area (Å²) in [6.45, 7) is 24.6. The molecule has 56 heavy (non-hydrogen) atoms. The molecule has 0 N–H and O–H groups in total. The number of benzene rings is 2. The molecule has 2 aliphatic carbocycles. The summed E-state index contributed by atoms with van der Waals surface area (Å²) < 4.78 is 20.6. The summed E-state index contributed by atoms with van der Waals surface area (Å²) in [5, 5.41) is 11.5. The van der Waals surface area contributed by atoms with Crippen LogP contribution < -0.4 is 14.2 Å². The fourth-order valence-electron chi connectivity index (χ4n) is 9.32. The number of Topliss-reactive ketones (excluding diaryl/α,β-unsaturated/α-hetero) is 5. The second-order valence-corrected chi connectivity index (χ2v) is 18.9. The van der Waals surface area contributed by atoms with Gasteiger partial charge in [-0.25, -0.2) is 0 Å². The summed E-state index contributed by atoms with van der Waals surface area (Å²) >= 11 is 0.